The molecule has 2 aromatic heterocycles. The molecule has 1 saturated heterocycles. The van der Waals surface area contributed by atoms with Gasteiger partial charge in [-0.1, -0.05) is 25.4 Å². The van der Waals surface area contributed by atoms with Gasteiger partial charge in [-0.25, -0.2) is 10.8 Å². The molecule has 8 nitrogen and oxygen atoms in total. The van der Waals surface area contributed by atoms with Gasteiger partial charge in [0.2, 0.25) is 0 Å². The van der Waals surface area contributed by atoms with E-state index in [2.05, 4.69) is 9.97 Å². The van der Waals surface area contributed by atoms with E-state index in [1.165, 1.54) is 6.92 Å². The maximum Gasteiger partial charge on any atom is 0.251 e. The van der Waals surface area contributed by atoms with Gasteiger partial charge >= 0.3 is 0 Å². The predicted octanol–water partition coefficient (Wildman–Crippen LogP) is 1.94. The summed E-state index contributed by atoms with van der Waals surface area (Å²) in [7, 11) is 0. The van der Waals surface area contributed by atoms with Gasteiger partial charge in [-0.2, -0.15) is 0 Å². The van der Waals surface area contributed by atoms with Crippen LogP contribution in [-0.4, -0.2) is 51.1 Å². The molecule has 5 N–H and O–H groups in total. The number of piperidine rings is 1. The van der Waals surface area contributed by atoms with Crippen LogP contribution in [0.5, 0.6) is 0 Å². The summed E-state index contributed by atoms with van der Waals surface area (Å²) in [4.78, 5) is 22.1. The van der Waals surface area contributed by atoms with Crippen molar-refractivity contribution in [1.29, 1.82) is 0 Å². The number of carbonyl (C=O) groups excluding carboxylic acids is 1. The Hall–Kier alpha value is -2.16. The van der Waals surface area contributed by atoms with Gasteiger partial charge < -0.3 is 20.7 Å². The van der Waals surface area contributed by atoms with Crippen LogP contribution in [0.25, 0.3) is 11.0 Å². The normalized spacial score (nSPS) is 15.9. The summed E-state index contributed by atoms with van der Waals surface area (Å²) >= 11 is 6.01. The molecule has 0 aromatic carbocycles. The van der Waals surface area contributed by atoms with Crippen molar-refractivity contribution in [2.45, 2.75) is 45.8 Å². The first kappa shape index (κ1) is 21.1. The number of pyridine rings is 2. The van der Waals surface area contributed by atoms with Crippen molar-refractivity contribution in [3.05, 3.63) is 23.5 Å². The number of aromatic nitrogens is 2. The number of aliphatic hydroxyl groups excluding tert-OH is 1. The van der Waals surface area contributed by atoms with Crippen molar-refractivity contribution in [1.82, 2.24) is 14.9 Å². The van der Waals surface area contributed by atoms with E-state index >= 15 is 0 Å². The second kappa shape index (κ2) is 9.16. The van der Waals surface area contributed by atoms with Gasteiger partial charge in [0.25, 0.3) is 5.91 Å². The molecule has 1 aliphatic heterocycles. The molecule has 1 atom stereocenters. The summed E-state index contributed by atoms with van der Waals surface area (Å²) < 4.78 is 0. The van der Waals surface area contributed by atoms with E-state index in [4.69, 9.17) is 23.2 Å². The Balaban J connectivity index is 0.00000126. The monoisotopic (exact) mass is 394 g/mol. The van der Waals surface area contributed by atoms with Crippen molar-refractivity contribution in [3.8, 4) is 0 Å². The van der Waals surface area contributed by atoms with Crippen LogP contribution in [0.15, 0.2) is 18.3 Å². The molecule has 1 aliphatic rings. The number of aliphatic hydroxyl groups is 1. The first-order chi connectivity index (χ1) is 12.9. The second-order valence-corrected chi connectivity index (χ2v) is 6.59. The van der Waals surface area contributed by atoms with Gasteiger partial charge in [-0.05, 0) is 31.9 Å². The minimum absolute atomic E-state index is 0.00766. The fourth-order valence-electron chi connectivity index (χ4n) is 3.13. The molecule has 3 heterocycles. The van der Waals surface area contributed by atoms with Gasteiger partial charge in [0.15, 0.2) is 0 Å². The quantitative estimate of drug-likeness (QED) is 0.413. The molecule has 0 aliphatic carbocycles. The Morgan fingerprint density at radius 1 is 1.37 bits per heavy atom. The van der Waals surface area contributed by atoms with Crippen LogP contribution in [0.2, 0.25) is 5.15 Å². The molecule has 1 unspecified atom stereocenters. The molecule has 0 saturated carbocycles. The van der Waals surface area contributed by atoms with Gasteiger partial charge in [0, 0.05) is 19.1 Å². The van der Waals surface area contributed by atoms with Crippen molar-refractivity contribution < 1.29 is 9.90 Å². The number of nitrogens with two attached hydrogens (primary N) is 2. The third-order valence-corrected chi connectivity index (χ3v) is 4.68. The minimum Gasteiger partial charge on any atom is -0.396 e. The van der Waals surface area contributed by atoms with Crippen molar-refractivity contribution in [3.63, 3.8) is 0 Å². The Morgan fingerprint density at radius 2 is 2.00 bits per heavy atom. The maximum atomic E-state index is 11.9. The summed E-state index contributed by atoms with van der Waals surface area (Å²) in [6, 6.07) is 3.43. The first-order valence-electron chi connectivity index (χ1n) is 9.10. The number of rotatable bonds is 3. The lowest BCUT2D eigenvalue weighted by molar-refractivity contribution is -0.140. The molecule has 3 rings (SSSR count). The van der Waals surface area contributed by atoms with E-state index in [0.29, 0.717) is 53.5 Å². The average Bonchev–Trinajstić information content (AvgIpc) is 2.68. The number of nitrogen functional groups attached to an aromatic ring is 1. The second-order valence-electron chi connectivity index (χ2n) is 6.20. The van der Waals surface area contributed by atoms with Crippen LogP contribution in [0, 0.1) is 0 Å². The van der Waals surface area contributed by atoms with Crippen molar-refractivity contribution >= 4 is 39.9 Å². The van der Waals surface area contributed by atoms with Gasteiger partial charge in [-0.15, -0.1) is 0 Å². The Labute approximate surface area is 164 Å². The Bertz CT molecular complexity index is 788. The summed E-state index contributed by atoms with van der Waals surface area (Å²) in [6.07, 6.45) is 1.90. The van der Waals surface area contributed by atoms with Crippen LogP contribution in [-0.2, 0) is 4.79 Å². The highest BCUT2D eigenvalue weighted by Gasteiger charge is 2.29. The van der Waals surface area contributed by atoms with Crippen LogP contribution in [0.4, 0.5) is 11.4 Å². The molecule has 148 valence electrons. The standard InChI is InChI=1S/C16H21ClN6O2.C2H6/c1-9(24)16(25)22-6-4-10(5-7-22)23(19)15-11(18)8-20-12-2-3-13(17)21-14(12)15;1-2/h2-3,8-10,24H,4-7,18-19H2,1H3;1-2H3. The van der Waals surface area contributed by atoms with Gasteiger partial charge in [0.05, 0.1) is 17.4 Å². The topological polar surface area (TPSA) is 122 Å². The molecule has 1 amide bonds. The molecule has 2 aromatic rings. The molecular formula is C18H27ClN6O2. The van der Waals surface area contributed by atoms with E-state index in [0.717, 1.165) is 0 Å². The smallest absolute Gasteiger partial charge is 0.251 e. The van der Waals surface area contributed by atoms with E-state index < -0.39 is 6.10 Å². The zero-order valence-corrected chi connectivity index (χ0v) is 16.6. The lowest BCUT2D eigenvalue weighted by atomic mass is 10.0. The largest absolute Gasteiger partial charge is 0.396 e. The van der Waals surface area contributed by atoms with Crippen LogP contribution in [0.3, 0.4) is 0 Å². The summed E-state index contributed by atoms with van der Waals surface area (Å²) in [6.45, 7) is 6.53. The SMILES string of the molecule is CC.CC(O)C(=O)N1CCC(N(N)c2c(N)cnc3ccc(Cl)nc23)CC1. The number of nitrogens with zero attached hydrogens (tertiary/aromatic N) is 4. The number of hydrogen-bond donors (Lipinski definition) is 3. The molecule has 0 spiro atoms. The van der Waals surface area contributed by atoms with Gasteiger partial charge in [-0.3, -0.25) is 9.78 Å². The maximum absolute atomic E-state index is 11.9. The fourth-order valence-corrected chi connectivity index (χ4v) is 3.27. The first-order valence-corrected chi connectivity index (χ1v) is 9.47. The minimum atomic E-state index is -0.989. The number of amides is 1. The summed E-state index contributed by atoms with van der Waals surface area (Å²) in [5.74, 6) is 6.10. The number of carbonyl (C=O) groups is 1. The number of halogens is 1. The zero-order chi connectivity index (χ0) is 20.1. The Kier molecular flexibility index (Phi) is 7.18. The number of anilines is 2. The van der Waals surface area contributed by atoms with Crippen LogP contribution >= 0.6 is 11.6 Å². The number of hydrogen-bond acceptors (Lipinski definition) is 7. The third-order valence-electron chi connectivity index (χ3n) is 4.47. The Morgan fingerprint density at radius 3 is 2.59 bits per heavy atom. The lowest BCUT2D eigenvalue weighted by Crippen LogP contribution is -2.51. The van der Waals surface area contributed by atoms with Crippen molar-refractivity contribution in [2.75, 3.05) is 23.8 Å². The van der Waals surface area contributed by atoms with Crippen molar-refractivity contribution in [2.24, 2.45) is 5.84 Å². The number of fused-ring (bicyclic) bond motifs is 1. The van der Waals surface area contributed by atoms with Gasteiger partial charge in [0.1, 0.15) is 22.5 Å². The summed E-state index contributed by atoms with van der Waals surface area (Å²) in [5, 5.41) is 11.4. The number of likely N-dealkylation sites (tertiary alicyclic amines) is 1. The summed E-state index contributed by atoms with van der Waals surface area (Å²) in [5.41, 5.74) is 8.32. The van der Waals surface area contributed by atoms with E-state index in [9.17, 15) is 9.90 Å². The zero-order valence-electron chi connectivity index (χ0n) is 15.9. The number of hydrazine groups is 1. The van der Waals surface area contributed by atoms with E-state index in [-0.39, 0.29) is 11.9 Å². The molecular weight excluding hydrogens is 368 g/mol. The predicted molar refractivity (Wildman–Crippen MR) is 108 cm³/mol. The molecule has 0 bridgehead atoms. The average molecular weight is 395 g/mol. The highest BCUT2D eigenvalue weighted by atomic mass is 35.5. The molecule has 1 fully saturated rings. The van der Waals surface area contributed by atoms with E-state index in [1.54, 1.807) is 28.2 Å². The fraction of sp³-hybridized carbons (Fsp3) is 0.500. The lowest BCUT2D eigenvalue weighted by Gasteiger charge is -2.38. The van der Waals surface area contributed by atoms with E-state index in [1.807, 2.05) is 13.8 Å². The third kappa shape index (κ3) is 4.58. The highest BCUT2D eigenvalue weighted by molar-refractivity contribution is 6.29. The molecule has 0 radical (unpaired) electrons. The molecule has 27 heavy (non-hydrogen) atoms. The van der Waals surface area contributed by atoms with Crippen LogP contribution < -0.4 is 16.6 Å². The highest BCUT2D eigenvalue weighted by Crippen LogP contribution is 2.32. The van der Waals surface area contributed by atoms with Crippen LogP contribution in [0.1, 0.15) is 33.6 Å². The molecule has 9 heteroatoms.